The van der Waals surface area contributed by atoms with Crippen molar-refractivity contribution in [1.82, 2.24) is 0 Å². The van der Waals surface area contributed by atoms with Gasteiger partial charge >= 0.3 is 0 Å². The number of hydrogen-bond donors (Lipinski definition) is 0. The molecule has 1 amide bonds. The zero-order valence-electron chi connectivity index (χ0n) is 15.7. The van der Waals surface area contributed by atoms with Gasteiger partial charge in [0.25, 0.3) is 15.9 Å². The van der Waals surface area contributed by atoms with E-state index in [2.05, 4.69) is 0 Å². The first-order valence-corrected chi connectivity index (χ1v) is 10.2. The molecule has 0 aromatic heterocycles. The van der Waals surface area contributed by atoms with Crippen LogP contribution in [0.3, 0.4) is 0 Å². The summed E-state index contributed by atoms with van der Waals surface area (Å²) in [4.78, 5) is 13.0. The van der Waals surface area contributed by atoms with Crippen LogP contribution in [0.25, 0.3) is 0 Å². The Kier molecular flexibility index (Phi) is 5.80. The molecule has 0 bridgehead atoms. The molecule has 0 aliphatic rings. The summed E-state index contributed by atoms with van der Waals surface area (Å²) in [6.45, 7) is 3.35. The van der Waals surface area contributed by atoms with Crippen LogP contribution in [-0.2, 0) is 14.8 Å². The maximum absolute atomic E-state index is 13.2. The van der Waals surface area contributed by atoms with E-state index in [1.165, 1.54) is 12.1 Å². The first-order chi connectivity index (χ1) is 13.4. The summed E-state index contributed by atoms with van der Waals surface area (Å²) in [5.74, 6) is -0.132. The number of nitrogens with zero attached hydrogens (tertiary/aromatic N) is 1. The van der Waals surface area contributed by atoms with Gasteiger partial charge in [0, 0.05) is 0 Å². The molecule has 28 heavy (non-hydrogen) atoms. The van der Waals surface area contributed by atoms with Crippen LogP contribution in [0.15, 0.2) is 83.8 Å². The van der Waals surface area contributed by atoms with Gasteiger partial charge in [-0.15, -0.1) is 0 Å². The third-order valence-electron chi connectivity index (χ3n) is 4.22. The Bertz CT molecular complexity index is 1060. The minimum atomic E-state index is -4.08. The van der Waals surface area contributed by atoms with Gasteiger partial charge in [-0.3, -0.25) is 4.79 Å². The van der Waals surface area contributed by atoms with Gasteiger partial charge in [0.05, 0.1) is 10.6 Å². The van der Waals surface area contributed by atoms with Crippen LogP contribution in [0.4, 0.5) is 5.69 Å². The number of rotatable bonds is 6. The lowest BCUT2D eigenvalue weighted by Crippen LogP contribution is -2.40. The molecule has 0 aliphatic heterocycles. The molecule has 144 valence electrons. The standard InChI is InChI=1S/C22H21NO4S/c1-17-12-14-19(15-13-17)23(28(25,26)20-9-4-3-5-10-20)22(24)16-27-21-11-7-6-8-18(21)2/h3-15H,16H2,1-2H3. The normalized spacial score (nSPS) is 11.1. The smallest absolute Gasteiger partial charge is 0.278 e. The maximum atomic E-state index is 13.2. The number of aryl methyl sites for hydroxylation is 2. The number of carbonyl (C=O) groups excluding carboxylic acids is 1. The molecule has 0 unspecified atom stereocenters. The molecule has 0 saturated heterocycles. The molecule has 0 N–H and O–H groups in total. The first kappa shape index (κ1) is 19.6. The molecule has 0 heterocycles. The predicted molar refractivity (Wildman–Crippen MR) is 109 cm³/mol. The minimum absolute atomic E-state index is 0.0415. The van der Waals surface area contributed by atoms with Crippen LogP contribution < -0.4 is 9.04 Å². The predicted octanol–water partition coefficient (Wildman–Crippen LogP) is 4.10. The van der Waals surface area contributed by atoms with E-state index in [0.717, 1.165) is 15.4 Å². The quantitative estimate of drug-likeness (QED) is 0.630. The number of sulfonamides is 1. The summed E-state index contributed by atoms with van der Waals surface area (Å²) in [7, 11) is -4.08. The molecular formula is C22H21NO4S. The van der Waals surface area contributed by atoms with E-state index < -0.39 is 22.5 Å². The van der Waals surface area contributed by atoms with Crippen molar-refractivity contribution in [2.24, 2.45) is 0 Å². The summed E-state index contributed by atoms with van der Waals surface area (Å²) in [6, 6.07) is 21.9. The molecular weight excluding hydrogens is 374 g/mol. The number of carbonyl (C=O) groups is 1. The molecule has 0 atom stereocenters. The van der Waals surface area contributed by atoms with Crippen molar-refractivity contribution < 1.29 is 17.9 Å². The molecule has 0 radical (unpaired) electrons. The summed E-state index contributed by atoms with van der Waals surface area (Å²) in [6.07, 6.45) is 0. The third kappa shape index (κ3) is 4.23. The largest absolute Gasteiger partial charge is 0.483 e. The molecule has 0 aliphatic carbocycles. The third-order valence-corrected chi connectivity index (χ3v) is 5.98. The lowest BCUT2D eigenvalue weighted by Gasteiger charge is -2.23. The van der Waals surface area contributed by atoms with E-state index >= 15 is 0 Å². The van der Waals surface area contributed by atoms with E-state index in [0.29, 0.717) is 5.75 Å². The van der Waals surface area contributed by atoms with E-state index in [9.17, 15) is 13.2 Å². The average Bonchev–Trinajstić information content (AvgIpc) is 2.69. The number of amides is 1. The molecule has 3 aromatic rings. The van der Waals surface area contributed by atoms with Crippen LogP contribution in [0.1, 0.15) is 11.1 Å². The van der Waals surface area contributed by atoms with Crippen LogP contribution in [0, 0.1) is 13.8 Å². The summed E-state index contributed by atoms with van der Waals surface area (Å²) >= 11 is 0. The Morgan fingerprint density at radius 1 is 0.857 bits per heavy atom. The number of benzene rings is 3. The van der Waals surface area contributed by atoms with Crippen molar-refractivity contribution >= 4 is 21.6 Å². The SMILES string of the molecule is Cc1ccc(N(C(=O)COc2ccccc2C)S(=O)(=O)c2ccccc2)cc1. The Labute approximate surface area is 165 Å². The maximum Gasteiger partial charge on any atom is 0.278 e. The topological polar surface area (TPSA) is 63.7 Å². The highest BCUT2D eigenvalue weighted by molar-refractivity contribution is 7.93. The first-order valence-electron chi connectivity index (χ1n) is 8.78. The van der Waals surface area contributed by atoms with Crippen LogP contribution in [0.2, 0.25) is 0 Å². The Balaban J connectivity index is 1.95. The number of hydrogen-bond acceptors (Lipinski definition) is 4. The van der Waals surface area contributed by atoms with Gasteiger partial charge in [-0.05, 0) is 49.7 Å². The van der Waals surface area contributed by atoms with Gasteiger partial charge in [0.15, 0.2) is 6.61 Å². The second-order valence-corrected chi connectivity index (χ2v) is 8.15. The van der Waals surface area contributed by atoms with Gasteiger partial charge in [-0.2, -0.15) is 4.31 Å². The number of ether oxygens (including phenoxy) is 1. The van der Waals surface area contributed by atoms with Gasteiger partial charge in [0.1, 0.15) is 5.75 Å². The number of para-hydroxylation sites is 1. The van der Waals surface area contributed by atoms with Crippen molar-refractivity contribution in [1.29, 1.82) is 0 Å². The summed E-state index contributed by atoms with van der Waals surface area (Å²) < 4.78 is 32.8. The fraction of sp³-hybridized carbons (Fsp3) is 0.136. The van der Waals surface area contributed by atoms with Crippen LogP contribution in [-0.4, -0.2) is 20.9 Å². The molecule has 3 rings (SSSR count). The van der Waals surface area contributed by atoms with Gasteiger partial charge in [0.2, 0.25) is 0 Å². The molecule has 0 spiro atoms. The van der Waals surface area contributed by atoms with E-state index in [-0.39, 0.29) is 10.6 Å². The highest BCUT2D eigenvalue weighted by Gasteiger charge is 2.31. The Morgan fingerprint density at radius 2 is 1.46 bits per heavy atom. The monoisotopic (exact) mass is 395 g/mol. The van der Waals surface area contributed by atoms with Crippen molar-refractivity contribution in [2.45, 2.75) is 18.7 Å². The minimum Gasteiger partial charge on any atom is -0.483 e. The highest BCUT2D eigenvalue weighted by atomic mass is 32.2. The van der Waals surface area contributed by atoms with Gasteiger partial charge < -0.3 is 4.74 Å². The van der Waals surface area contributed by atoms with Crippen molar-refractivity contribution in [2.75, 3.05) is 10.9 Å². The summed E-state index contributed by atoms with van der Waals surface area (Å²) in [5.41, 5.74) is 2.10. The van der Waals surface area contributed by atoms with E-state index in [1.54, 1.807) is 54.6 Å². The second-order valence-electron chi connectivity index (χ2n) is 6.37. The highest BCUT2D eigenvalue weighted by Crippen LogP contribution is 2.25. The Morgan fingerprint density at radius 3 is 2.11 bits per heavy atom. The average molecular weight is 395 g/mol. The van der Waals surface area contributed by atoms with Crippen molar-refractivity contribution in [3.63, 3.8) is 0 Å². The lowest BCUT2D eigenvalue weighted by molar-refractivity contribution is -0.119. The van der Waals surface area contributed by atoms with E-state index in [1.807, 2.05) is 26.0 Å². The summed E-state index contributed by atoms with van der Waals surface area (Å²) in [5, 5.41) is 0. The second kappa shape index (κ2) is 8.27. The Hall–Kier alpha value is -3.12. The van der Waals surface area contributed by atoms with Gasteiger partial charge in [-0.25, -0.2) is 8.42 Å². The number of anilines is 1. The molecule has 6 heteroatoms. The zero-order chi connectivity index (χ0) is 20.1. The molecule has 5 nitrogen and oxygen atoms in total. The molecule has 3 aromatic carbocycles. The van der Waals surface area contributed by atoms with E-state index in [4.69, 9.17) is 4.74 Å². The zero-order valence-corrected chi connectivity index (χ0v) is 16.5. The van der Waals surface area contributed by atoms with Crippen LogP contribution in [0.5, 0.6) is 5.75 Å². The molecule has 0 saturated carbocycles. The van der Waals surface area contributed by atoms with Crippen molar-refractivity contribution in [3.05, 3.63) is 90.0 Å². The fourth-order valence-corrected chi connectivity index (χ4v) is 4.14. The van der Waals surface area contributed by atoms with Crippen molar-refractivity contribution in [3.8, 4) is 5.75 Å². The lowest BCUT2D eigenvalue weighted by atomic mass is 10.2. The molecule has 0 fully saturated rings. The van der Waals surface area contributed by atoms with Gasteiger partial charge in [-0.1, -0.05) is 54.1 Å². The fourth-order valence-electron chi connectivity index (χ4n) is 2.71. The van der Waals surface area contributed by atoms with Crippen LogP contribution >= 0.6 is 0 Å².